The van der Waals surface area contributed by atoms with Crippen molar-refractivity contribution in [2.24, 2.45) is 27.9 Å². The topological polar surface area (TPSA) is 181 Å². The molecule has 0 rings (SSSR count). The number of nitrogens with two attached hydrogens (primary N) is 4. The second-order valence-electron chi connectivity index (χ2n) is 3.56. The average Bonchev–Trinajstić information content (AvgIpc) is 2.16. The van der Waals surface area contributed by atoms with Gasteiger partial charge < -0.3 is 32.9 Å². The number of aliphatic imine (C=N–C) groups is 1. The fourth-order valence-electron chi connectivity index (χ4n) is 0.592. The predicted octanol–water partition coefficient (Wildman–Crippen LogP) is -1.98. The molecule has 10 N–H and O–H groups in total. The van der Waals surface area contributed by atoms with Gasteiger partial charge >= 0.3 is 5.97 Å². The molecule has 0 aromatic rings. The van der Waals surface area contributed by atoms with E-state index in [0.717, 1.165) is 0 Å². The number of carbonyl (C=O) groups is 1. The zero-order chi connectivity index (χ0) is 14.9. The fraction of sp³-hybridized carbons (Fsp3) is 0.444. The van der Waals surface area contributed by atoms with Crippen molar-refractivity contribution in [2.45, 2.75) is 12.5 Å². The van der Waals surface area contributed by atoms with Crippen LogP contribution >= 0.6 is 0 Å². The van der Waals surface area contributed by atoms with Crippen molar-refractivity contribution >= 4 is 17.9 Å². The Bertz CT molecular complexity index is 334. The van der Waals surface area contributed by atoms with Gasteiger partial charge in [-0.1, -0.05) is 6.58 Å². The Balaban J connectivity index is 0. The van der Waals surface area contributed by atoms with Crippen molar-refractivity contribution < 1.29 is 9.90 Å². The van der Waals surface area contributed by atoms with E-state index >= 15 is 0 Å². The van der Waals surface area contributed by atoms with Gasteiger partial charge in [-0.25, -0.2) is 0 Å². The van der Waals surface area contributed by atoms with E-state index in [1.165, 1.54) is 4.90 Å². The highest BCUT2D eigenvalue weighted by molar-refractivity contribution is 5.91. The monoisotopic (exact) mass is 259 g/mol. The van der Waals surface area contributed by atoms with Crippen molar-refractivity contribution in [3.63, 3.8) is 0 Å². The molecule has 0 fully saturated rings. The fourth-order valence-corrected chi connectivity index (χ4v) is 0.592. The standard InChI is InChI=1S/C5H10N2O2.C4H11N5/c1-3(6)2-4(7)5(8)9;1-9(2)4(7)8-3(5)6/h4H,1-2,6-7H2,(H,8,9);1-2H3,(H5,5,6,7,8). The number of hydrogen-bond acceptors (Lipinski definition) is 4. The van der Waals surface area contributed by atoms with Gasteiger partial charge in [0.15, 0.2) is 5.96 Å². The molecule has 0 heterocycles. The molecular formula is C9H21N7O2. The van der Waals surface area contributed by atoms with Crippen molar-refractivity contribution in [1.82, 2.24) is 4.90 Å². The summed E-state index contributed by atoms with van der Waals surface area (Å²) in [4.78, 5) is 15.0. The number of rotatable bonds is 3. The molecule has 1 atom stereocenters. The highest BCUT2D eigenvalue weighted by atomic mass is 16.4. The van der Waals surface area contributed by atoms with E-state index in [0.29, 0.717) is 5.70 Å². The molecule has 0 aliphatic heterocycles. The first-order valence-corrected chi connectivity index (χ1v) is 4.85. The molecule has 18 heavy (non-hydrogen) atoms. The SMILES string of the molecule is C=C(N)CC(N)C(=O)O.CN(C)C(=N)N=C(N)N. The van der Waals surface area contributed by atoms with Crippen molar-refractivity contribution in [2.75, 3.05) is 14.1 Å². The van der Waals surface area contributed by atoms with Gasteiger partial charge in [-0.15, -0.1) is 0 Å². The van der Waals surface area contributed by atoms with Gasteiger partial charge in [-0.05, 0) is 0 Å². The number of carboxylic acids is 1. The molecular weight excluding hydrogens is 238 g/mol. The van der Waals surface area contributed by atoms with Gasteiger partial charge in [0.25, 0.3) is 0 Å². The van der Waals surface area contributed by atoms with Crippen LogP contribution in [-0.4, -0.2) is 48.0 Å². The summed E-state index contributed by atoms with van der Waals surface area (Å²) in [6.07, 6.45) is 0.134. The summed E-state index contributed by atoms with van der Waals surface area (Å²) in [7, 11) is 3.38. The Labute approximate surface area is 106 Å². The largest absolute Gasteiger partial charge is 0.480 e. The highest BCUT2D eigenvalue weighted by Gasteiger charge is 2.10. The highest BCUT2D eigenvalue weighted by Crippen LogP contribution is 1.92. The lowest BCUT2D eigenvalue weighted by Crippen LogP contribution is -2.31. The number of nitrogens with one attached hydrogen (secondary N) is 1. The second-order valence-corrected chi connectivity index (χ2v) is 3.56. The molecule has 104 valence electrons. The molecule has 0 spiro atoms. The van der Waals surface area contributed by atoms with Gasteiger partial charge in [0.2, 0.25) is 5.96 Å². The summed E-state index contributed by atoms with van der Waals surface area (Å²) in [5.74, 6) is -1.09. The Morgan fingerprint density at radius 3 is 2.00 bits per heavy atom. The van der Waals surface area contributed by atoms with Crippen molar-refractivity contribution in [1.29, 1.82) is 5.41 Å². The molecule has 0 bridgehead atoms. The number of carboxylic acid groups (broad SMARTS) is 1. The molecule has 9 heteroatoms. The maximum Gasteiger partial charge on any atom is 0.320 e. The predicted molar refractivity (Wildman–Crippen MR) is 70.8 cm³/mol. The van der Waals surface area contributed by atoms with Crippen LogP contribution in [0.15, 0.2) is 17.3 Å². The molecule has 9 nitrogen and oxygen atoms in total. The summed E-state index contributed by atoms with van der Waals surface area (Å²) in [6.45, 7) is 3.31. The molecule has 1 unspecified atom stereocenters. The Morgan fingerprint density at radius 1 is 1.44 bits per heavy atom. The zero-order valence-electron chi connectivity index (χ0n) is 10.6. The smallest absolute Gasteiger partial charge is 0.320 e. The summed E-state index contributed by atoms with van der Waals surface area (Å²) < 4.78 is 0. The maximum absolute atomic E-state index is 10.0. The Hall–Kier alpha value is -2.29. The van der Waals surface area contributed by atoms with E-state index < -0.39 is 12.0 Å². The minimum absolute atomic E-state index is 0.0509. The van der Waals surface area contributed by atoms with Crippen LogP contribution in [0.4, 0.5) is 0 Å². The summed E-state index contributed by atoms with van der Waals surface area (Å²) in [6, 6.07) is -0.914. The van der Waals surface area contributed by atoms with Crippen LogP contribution in [0.1, 0.15) is 6.42 Å². The minimum atomic E-state index is -1.05. The van der Waals surface area contributed by atoms with Crippen molar-refractivity contribution in [3.8, 4) is 0 Å². The summed E-state index contributed by atoms with van der Waals surface area (Å²) in [5.41, 5.74) is 20.4. The van der Waals surface area contributed by atoms with E-state index in [-0.39, 0.29) is 18.3 Å². The second kappa shape index (κ2) is 8.82. The van der Waals surface area contributed by atoms with Crippen LogP contribution in [0.2, 0.25) is 0 Å². The van der Waals surface area contributed by atoms with E-state index in [9.17, 15) is 4.79 Å². The van der Waals surface area contributed by atoms with Crippen LogP contribution < -0.4 is 22.9 Å². The molecule has 0 aliphatic carbocycles. The average molecular weight is 259 g/mol. The lowest BCUT2D eigenvalue weighted by atomic mass is 10.2. The molecule has 0 saturated heterocycles. The van der Waals surface area contributed by atoms with Crippen LogP contribution in [0, 0.1) is 5.41 Å². The number of aliphatic carboxylic acids is 1. The molecule has 0 saturated carbocycles. The lowest BCUT2D eigenvalue weighted by molar-refractivity contribution is -0.138. The first kappa shape index (κ1) is 18.1. The number of nitrogens with zero attached hydrogens (tertiary/aromatic N) is 2. The summed E-state index contributed by atoms with van der Waals surface area (Å²) in [5, 5.41) is 15.3. The van der Waals surface area contributed by atoms with Crippen LogP contribution in [-0.2, 0) is 4.79 Å². The first-order valence-electron chi connectivity index (χ1n) is 4.85. The third kappa shape index (κ3) is 11.8. The third-order valence-electron chi connectivity index (χ3n) is 1.46. The van der Waals surface area contributed by atoms with Crippen LogP contribution in [0.5, 0.6) is 0 Å². The van der Waals surface area contributed by atoms with Gasteiger partial charge in [-0.3, -0.25) is 10.2 Å². The Kier molecular flexibility index (Phi) is 8.86. The number of guanidine groups is 2. The van der Waals surface area contributed by atoms with Gasteiger partial charge in [0, 0.05) is 26.2 Å². The van der Waals surface area contributed by atoms with E-state index in [1.807, 2.05) is 0 Å². The van der Waals surface area contributed by atoms with E-state index in [1.54, 1.807) is 14.1 Å². The zero-order valence-corrected chi connectivity index (χ0v) is 10.6. The van der Waals surface area contributed by atoms with Gasteiger partial charge in [-0.2, -0.15) is 4.99 Å². The van der Waals surface area contributed by atoms with Gasteiger partial charge in [0.1, 0.15) is 6.04 Å². The third-order valence-corrected chi connectivity index (χ3v) is 1.46. The minimum Gasteiger partial charge on any atom is -0.480 e. The van der Waals surface area contributed by atoms with Crippen LogP contribution in [0.3, 0.4) is 0 Å². The Morgan fingerprint density at radius 2 is 1.89 bits per heavy atom. The number of hydrogen-bond donors (Lipinski definition) is 6. The molecule has 0 aromatic carbocycles. The molecule has 0 radical (unpaired) electrons. The quantitative estimate of drug-likeness (QED) is 0.250. The molecule has 0 aliphatic rings. The van der Waals surface area contributed by atoms with E-state index in [2.05, 4.69) is 11.6 Å². The molecule has 0 amide bonds. The molecule has 0 aromatic heterocycles. The van der Waals surface area contributed by atoms with Crippen molar-refractivity contribution in [3.05, 3.63) is 12.3 Å². The lowest BCUT2D eigenvalue weighted by Gasteiger charge is -2.07. The first-order chi connectivity index (χ1) is 8.07. The van der Waals surface area contributed by atoms with E-state index in [4.69, 9.17) is 33.5 Å². The normalized spacial score (nSPS) is 10.4. The van der Waals surface area contributed by atoms with Gasteiger partial charge in [0.05, 0.1) is 0 Å². The van der Waals surface area contributed by atoms with Crippen LogP contribution in [0.25, 0.3) is 0 Å². The maximum atomic E-state index is 10.0. The summed E-state index contributed by atoms with van der Waals surface area (Å²) >= 11 is 0.